The summed E-state index contributed by atoms with van der Waals surface area (Å²) in [5.41, 5.74) is 1.93. The summed E-state index contributed by atoms with van der Waals surface area (Å²) in [5.74, 6) is -1.03. The van der Waals surface area contributed by atoms with Gasteiger partial charge in [-0.05, 0) is 55.9 Å². The third kappa shape index (κ3) is 8.03. The lowest BCUT2D eigenvalue weighted by atomic mass is 9.95. The van der Waals surface area contributed by atoms with Gasteiger partial charge in [0, 0.05) is 25.6 Å². The van der Waals surface area contributed by atoms with Crippen molar-refractivity contribution in [3.63, 3.8) is 0 Å². The van der Waals surface area contributed by atoms with Crippen LogP contribution in [0, 0.1) is 12.7 Å². The van der Waals surface area contributed by atoms with E-state index >= 15 is 0 Å². The van der Waals surface area contributed by atoms with Gasteiger partial charge in [0.2, 0.25) is 21.8 Å². The van der Waals surface area contributed by atoms with Crippen molar-refractivity contribution in [2.75, 3.05) is 17.1 Å². The highest BCUT2D eigenvalue weighted by molar-refractivity contribution is 7.92. The summed E-state index contributed by atoms with van der Waals surface area (Å²) in [4.78, 5) is 28.6. The van der Waals surface area contributed by atoms with E-state index in [4.69, 9.17) is 0 Å². The second-order valence-electron chi connectivity index (χ2n) is 10.1. The second kappa shape index (κ2) is 13.7. The van der Waals surface area contributed by atoms with E-state index in [1.54, 1.807) is 11.0 Å². The first kappa shape index (κ1) is 29.6. The number of aryl methyl sites for hydroxylation is 1. The largest absolute Gasteiger partial charge is 0.352 e. The fourth-order valence-electron chi connectivity index (χ4n) is 5.07. The molecule has 1 fully saturated rings. The number of halogens is 1. The maximum absolute atomic E-state index is 14.4. The van der Waals surface area contributed by atoms with Crippen LogP contribution < -0.4 is 9.62 Å². The summed E-state index contributed by atoms with van der Waals surface area (Å²) in [6.45, 7) is 4.10. The lowest BCUT2D eigenvalue weighted by Crippen LogP contribution is -2.51. The minimum atomic E-state index is -3.76. The maximum Gasteiger partial charge on any atom is 0.243 e. The van der Waals surface area contributed by atoms with Crippen molar-refractivity contribution < 1.29 is 22.4 Å². The fraction of sp³-hybridized carbons (Fsp3) is 0.517. The van der Waals surface area contributed by atoms with E-state index in [0.29, 0.717) is 6.42 Å². The maximum atomic E-state index is 14.4. The first-order valence-corrected chi connectivity index (χ1v) is 15.3. The van der Waals surface area contributed by atoms with Gasteiger partial charge in [-0.1, -0.05) is 62.6 Å². The van der Waals surface area contributed by atoms with Gasteiger partial charge in [0.15, 0.2) is 0 Å². The van der Waals surface area contributed by atoms with E-state index in [9.17, 15) is 22.4 Å². The molecule has 0 aliphatic heterocycles. The Labute approximate surface area is 226 Å². The molecule has 0 spiro atoms. The molecule has 2 aromatic carbocycles. The van der Waals surface area contributed by atoms with Crippen molar-refractivity contribution in [3.8, 4) is 0 Å². The van der Waals surface area contributed by atoms with Gasteiger partial charge < -0.3 is 10.2 Å². The third-order valence-electron chi connectivity index (χ3n) is 7.21. The predicted molar refractivity (Wildman–Crippen MR) is 149 cm³/mol. The molecule has 1 N–H and O–H groups in total. The molecule has 1 atom stereocenters. The lowest BCUT2D eigenvalue weighted by Gasteiger charge is -2.33. The first-order chi connectivity index (χ1) is 18.1. The summed E-state index contributed by atoms with van der Waals surface area (Å²) in [6.07, 6.45) is 6.95. The summed E-state index contributed by atoms with van der Waals surface area (Å²) < 4.78 is 40.2. The number of anilines is 1. The number of amides is 2. The molecule has 1 saturated carbocycles. The zero-order valence-corrected chi connectivity index (χ0v) is 23.5. The van der Waals surface area contributed by atoms with Crippen molar-refractivity contribution in [1.82, 2.24) is 10.2 Å². The van der Waals surface area contributed by atoms with Crippen LogP contribution in [0.15, 0.2) is 48.5 Å². The standard InChI is InChI=1S/C29H40FN3O4S/c1-4-26(29(35)31-24-15-6-5-7-16-24)32(21-23-14-9-8-13-22(23)2)28(34)19-12-20-33(38(3,36)37)27-18-11-10-17-25(27)30/h8-11,13-14,17-18,24,26H,4-7,12,15-16,19-21H2,1-3H3,(H,31,35)/t26-/m0/s1. The Balaban J connectivity index is 1.77. The predicted octanol–water partition coefficient (Wildman–Crippen LogP) is 4.94. The SMILES string of the molecule is CC[C@@H](C(=O)NC1CCCCC1)N(Cc1ccccc1C)C(=O)CCCN(c1ccccc1F)S(C)(=O)=O. The minimum absolute atomic E-state index is 0.0273. The van der Waals surface area contributed by atoms with Crippen LogP contribution in [0.4, 0.5) is 10.1 Å². The molecule has 0 unspecified atom stereocenters. The number of benzene rings is 2. The molecular formula is C29H40FN3O4S. The monoisotopic (exact) mass is 545 g/mol. The van der Waals surface area contributed by atoms with E-state index < -0.39 is 21.9 Å². The Morgan fingerprint density at radius 3 is 2.34 bits per heavy atom. The number of hydrogen-bond acceptors (Lipinski definition) is 4. The van der Waals surface area contributed by atoms with E-state index in [-0.39, 0.29) is 49.5 Å². The number of sulfonamides is 1. The molecule has 0 heterocycles. The van der Waals surface area contributed by atoms with Crippen molar-refractivity contribution in [2.45, 2.75) is 83.8 Å². The molecule has 38 heavy (non-hydrogen) atoms. The van der Waals surface area contributed by atoms with Gasteiger partial charge in [-0.15, -0.1) is 0 Å². The zero-order chi connectivity index (χ0) is 27.7. The van der Waals surface area contributed by atoms with E-state index in [0.717, 1.165) is 47.4 Å². The summed E-state index contributed by atoms with van der Waals surface area (Å²) >= 11 is 0. The second-order valence-corrected chi connectivity index (χ2v) is 12.0. The first-order valence-electron chi connectivity index (χ1n) is 13.5. The van der Waals surface area contributed by atoms with E-state index in [2.05, 4.69) is 5.32 Å². The smallest absolute Gasteiger partial charge is 0.243 e. The number of nitrogens with zero attached hydrogens (tertiary/aromatic N) is 2. The summed E-state index contributed by atoms with van der Waals surface area (Å²) in [7, 11) is -3.76. The molecule has 0 aromatic heterocycles. The Morgan fingerprint density at radius 2 is 1.71 bits per heavy atom. The van der Waals surface area contributed by atoms with Gasteiger partial charge in [0.1, 0.15) is 11.9 Å². The fourth-order valence-corrected chi connectivity index (χ4v) is 6.04. The number of nitrogens with one attached hydrogen (secondary N) is 1. The molecular weight excluding hydrogens is 505 g/mol. The van der Waals surface area contributed by atoms with Crippen LogP contribution in [0.3, 0.4) is 0 Å². The lowest BCUT2D eigenvalue weighted by molar-refractivity contribution is -0.141. The number of hydrogen-bond donors (Lipinski definition) is 1. The van der Waals surface area contributed by atoms with Crippen LogP contribution in [-0.2, 0) is 26.2 Å². The zero-order valence-electron chi connectivity index (χ0n) is 22.7. The molecule has 208 valence electrons. The molecule has 0 bridgehead atoms. The molecule has 0 saturated heterocycles. The molecule has 1 aliphatic carbocycles. The molecule has 2 amide bonds. The summed E-state index contributed by atoms with van der Waals surface area (Å²) in [5, 5.41) is 3.17. The average Bonchev–Trinajstić information content (AvgIpc) is 2.88. The average molecular weight is 546 g/mol. The highest BCUT2D eigenvalue weighted by atomic mass is 32.2. The number of carbonyl (C=O) groups excluding carboxylic acids is 2. The topological polar surface area (TPSA) is 86.8 Å². The Morgan fingerprint density at radius 1 is 1.05 bits per heavy atom. The molecule has 3 rings (SSSR count). The van der Waals surface area contributed by atoms with Gasteiger partial charge in [-0.3, -0.25) is 13.9 Å². The quantitative estimate of drug-likeness (QED) is 0.410. The molecule has 1 aliphatic rings. The van der Waals surface area contributed by atoms with Crippen molar-refractivity contribution in [3.05, 3.63) is 65.5 Å². The normalized spacial score (nSPS) is 15.1. The van der Waals surface area contributed by atoms with Gasteiger partial charge >= 0.3 is 0 Å². The van der Waals surface area contributed by atoms with Crippen LogP contribution in [0.5, 0.6) is 0 Å². The minimum Gasteiger partial charge on any atom is -0.352 e. The van der Waals surface area contributed by atoms with Gasteiger partial charge in [0.05, 0.1) is 11.9 Å². The van der Waals surface area contributed by atoms with Gasteiger partial charge in [-0.2, -0.15) is 0 Å². The number of carbonyl (C=O) groups is 2. The number of rotatable bonds is 12. The molecule has 0 radical (unpaired) electrons. The Hall–Kier alpha value is -2.94. The molecule has 2 aromatic rings. The van der Waals surface area contributed by atoms with Crippen LogP contribution in [0.1, 0.15) is 69.4 Å². The third-order valence-corrected chi connectivity index (χ3v) is 8.39. The molecule has 9 heteroatoms. The van der Waals surface area contributed by atoms with Crippen molar-refractivity contribution >= 4 is 27.5 Å². The Bertz CT molecular complexity index is 1200. The van der Waals surface area contributed by atoms with Gasteiger partial charge in [0.25, 0.3) is 0 Å². The van der Waals surface area contributed by atoms with Crippen LogP contribution in [0.2, 0.25) is 0 Å². The van der Waals surface area contributed by atoms with E-state index in [1.807, 2.05) is 38.1 Å². The van der Waals surface area contributed by atoms with Gasteiger partial charge in [-0.25, -0.2) is 12.8 Å². The number of para-hydroxylation sites is 1. The Kier molecular flexibility index (Phi) is 10.7. The van der Waals surface area contributed by atoms with Crippen LogP contribution in [-0.4, -0.2) is 50.0 Å². The van der Waals surface area contributed by atoms with Crippen molar-refractivity contribution in [2.24, 2.45) is 0 Å². The highest BCUT2D eigenvalue weighted by Crippen LogP contribution is 2.23. The molecule has 7 nitrogen and oxygen atoms in total. The summed E-state index contributed by atoms with van der Waals surface area (Å²) in [6, 6.07) is 12.9. The van der Waals surface area contributed by atoms with Crippen LogP contribution in [0.25, 0.3) is 0 Å². The highest BCUT2D eigenvalue weighted by Gasteiger charge is 2.31. The van der Waals surface area contributed by atoms with Crippen molar-refractivity contribution in [1.29, 1.82) is 0 Å². The van der Waals surface area contributed by atoms with Crippen LogP contribution >= 0.6 is 0 Å². The van der Waals surface area contributed by atoms with E-state index in [1.165, 1.54) is 24.6 Å².